The molecule has 2 amide bonds. The number of halogens is 2. The molecule has 0 aliphatic carbocycles. The number of allylic oxidation sites excluding steroid dienone is 1. The number of nitriles is 1. The van der Waals surface area contributed by atoms with Gasteiger partial charge < -0.3 is 15.4 Å². The minimum Gasteiger partial charge on any atom is -0.465 e. The maximum Gasteiger partial charge on any atom is 0.319 e. The van der Waals surface area contributed by atoms with Crippen molar-refractivity contribution in [2.75, 3.05) is 17.7 Å². The van der Waals surface area contributed by atoms with Gasteiger partial charge >= 0.3 is 5.97 Å². The number of carbonyl (C=O) groups excluding carboxylic acids is 3. The van der Waals surface area contributed by atoms with Crippen LogP contribution in [0, 0.1) is 23.1 Å². The number of carbonyl (C=O) groups is 3. The minimum atomic E-state index is -1.43. The van der Waals surface area contributed by atoms with Crippen LogP contribution in [0.25, 0.3) is 0 Å². The molecule has 2 atom stereocenters. The Morgan fingerprint density at radius 3 is 2.58 bits per heavy atom. The molecule has 0 unspecified atom stereocenters. The largest absolute Gasteiger partial charge is 0.465 e. The molecule has 0 saturated carbocycles. The average molecular weight is 532 g/mol. The second kappa shape index (κ2) is 11.1. The van der Waals surface area contributed by atoms with E-state index >= 15 is 0 Å². The van der Waals surface area contributed by atoms with E-state index < -0.39 is 29.5 Å². The lowest BCUT2D eigenvalue weighted by atomic mass is 9.78. The van der Waals surface area contributed by atoms with Crippen LogP contribution in [0.2, 0.25) is 0 Å². The fourth-order valence-corrected chi connectivity index (χ4v) is 4.47. The number of hydrogen-bond donors (Lipinski definition) is 2. The Morgan fingerprint density at radius 1 is 1.24 bits per heavy atom. The van der Waals surface area contributed by atoms with Crippen molar-refractivity contribution >= 4 is 51.2 Å². The van der Waals surface area contributed by atoms with Crippen molar-refractivity contribution in [2.24, 2.45) is 5.92 Å². The number of rotatable bonds is 7. The SMILES string of the molecule is CCOC(=O)[C@@H]1C(=O)NC(SCC(=O)Nc2ccc(Br)cc2)=C(C#N)[C@H]1c1ccccc1F. The second-order valence-electron chi connectivity index (χ2n) is 6.92. The number of nitrogens with zero attached hydrogens (tertiary/aromatic N) is 1. The molecule has 1 aliphatic rings. The van der Waals surface area contributed by atoms with Gasteiger partial charge in [-0.1, -0.05) is 45.9 Å². The van der Waals surface area contributed by atoms with Crippen molar-refractivity contribution in [2.45, 2.75) is 12.8 Å². The molecule has 2 aromatic carbocycles. The van der Waals surface area contributed by atoms with Crippen LogP contribution in [0.1, 0.15) is 18.4 Å². The lowest BCUT2D eigenvalue weighted by molar-refractivity contribution is -0.152. The highest BCUT2D eigenvalue weighted by atomic mass is 79.9. The quantitative estimate of drug-likeness (QED) is 0.411. The summed E-state index contributed by atoms with van der Waals surface area (Å²) >= 11 is 4.24. The van der Waals surface area contributed by atoms with E-state index in [1.54, 1.807) is 37.3 Å². The summed E-state index contributed by atoms with van der Waals surface area (Å²) in [6, 6.07) is 14.6. The van der Waals surface area contributed by atoms with E-state index in [0.717, 1.165) is 16.2 Å². The van der Waals surface area contributed by atoms with Crippen LogP contribution in [0.4, 0.5) is 10.1 Å². The van der Waals surface area contributed by atoms with E-state index in [2.05, 4.69) is 26.6 Å². The molecule has 7 nitrogen and oxygen atoms in total. The highest BCUT2D eigenvalue weighted by molar-refractivity contribution is 9.10. The first-order chi connectivity index (χ1) is 15.8. The number of esters is 1. The predicted octanol–water partition coefficient (Wildman–Crippen LogP) is 4.09. The topological polar surface area (TPSA) is 108 Å². The van der Waals surface area contributed by atoms with Gasteiger partial charge in [0.25, 0.3) is 0 Å². The van der Waals surface area contributed by atoms with E-state index in [1.165, 1.54) is 18.2 Å². The fourth-order valence-electron chi connectivity index (χ4n) is 3.36. The molecule has 2 aromatic rings. The Kier molecular flexibility index (Phi) is 8.25. The number of benzene rings is 2. The zero-order valence-electron chi connectivity index (χ0n) is 17.4. The first kappa shape index (κ1) is 24.5. The molecule has 0 bridgehead atoms. The van der Waals surface area contributed by atoms with Gasteiger partial charge in [0.1, 0.15) is 11.7 Å². The summed E-state index contributed by atoms with van der Waals surface area (Å²) in [6.07, 6.45) is 0. The van der Waals surface area contributed by atoms with Gasteiger partial charge in [-0.05, 0) is 42.8 Å². The van der Waals surface area contributed by atoms with Crippen molar-refractivity contribution < 1.29 is 23.5 Å². The van der Waals surface area contributed by atoms with Crippen LogP contribution in [0.5, 0.6) is 0 Å². The maximum atomic E-state index is 14.7. The molecule has 0 saturated heterocycles. The van der Waals surface area contributed by atoms with Crippen LogP contribution in [0.15, 0.2) is 63.6 Å². The summed E-state index contributed by atoms with van der Waals surface area (Å²) in [5.41, 5.74) is 0.594. The molecule has 10 heteroatoms. The van der Waals surface area contributed by atoms with E-state index in [-0.39, 0.29) is 34.4 Å². The third kappa shape index (κ3) is 5.80. The van der Waals surface area contributed by atoms with Gasteiger partial charge in [-0.15, -0.1) is 0 Å². The van der Waals surface area contributed by atoms with Crippen molar-refractivity contribution in [1.29, 1.82) is 5.26 Å². The van der Waals surface area contributed by atoms with Crippen LogP contribution >= 0.6 is 27.7 Å². The Labute approximate surface area is 202 Å². The summed E-state index contributed by atoms with van der Waals surface area (Å²) in [7, 11) is 0. The summed E-state index contributed by atoms with van der Waals surface area (Å²) in [4.78, 5) is 37.8. The number of anilines is 1. The summed E-state index contributed by atoms with van der Waals surface area (Å²) in [5, 5.41) is 15.2. The Hall–Kier alpha value is -3.16. The van der Waals surface area contributed by atoms with E-state index in [0.29, 0.717) is 5.69 Å². The average Bonchev–Trinajstić information content (AvgIpc) is 2.79. The molecule has 170 valence electrons. The molecule has 33 heavy (non-hydrogen) atoms. The van der Waals surface area contributed by atoms with Crippen molar-refractivity contribution in [1.82, 2.24) is 5.32 Å². The lowest BCUT2D eigenvalue weighted by Crippen LogP contribution is -2.44. The normalized spacial score (nSPS) is 17.7. The van der Waals surface area contributed by atoms with E-state index in [4.69, 9.17) is 4.74 Å². The van der Waals surface area contributed by atoms with Gasteiger partial charge in [-0.3, -0.25) is 14.4 Å². The van der Waals surface area contributed by atoms with Gasteiger partial charge in [0.05, 0.1) is 29.0 Å². The number of amides is 2. The first-order valence-electron chi connectivity index (χ1n) is 9.90. The number of nitrogens with one attached hydrogen (secondary N) is 2. The smallest absolute Gasteiger partial charge is 0.319 e. The zero-order valence-corrected chi connectivity index (χ0v) is 19.8. The molecule has 0 radical (unpaired) electrons. The summed E-state index contributed by atoms with van der Waals surface area (Å²) in [5.74, 6) is -5.33. The standard InChI is InChI=1S/C23H19BrFN3O4S/c1-2-32-23(31)20-19(15-5-3-4-6-17(15)25)16(11-26)22(28-21(20)30)33-12-18(29)27-14-9-7-13(24)8-10-14/h3-10,19-20H,2,12H2,1H3,(H,27,29)(H,28,30)/t19-,20+/m1/s1. The van der Waals surface area contributed by atoms with Crippen LogP contribution in [-0.2, 0) is 19.1 Å². The molecule has 1 heterocycles. The van der Waals surface area contributed by atoms with Crippen LogP contribution in [-0.4, -0.2) is 30.1 Å². The summed E-state index contributed by atoms with van der Waals surface area (Å²) < 4.78 is 20.5. The number of thioether (sulfide) groups is 1. The molecular weight excluding hydrogens is 513 g/mol. The van der Waals surface area contributed by atoms with E-state index in [9.17, 15) is 24.0 Å². The Bertz CT molecular complexity index is 1150. The summed E-state index contributed by atoms with van der Waals surface area (Å²) in [6.45, 7) is 1.61. The van der Waals surface area contributed by atoms with Gasteiger partial charge in [-0.2, -0.15) is 5.26 Å². The Balaban J connectivity index is 1.90. The molecular formula is C23H19BrFN3O4S. The molecule has 0 aromatic heterocycles. The van der Waals surface area contributed by atoms with Gasteiger partial charge in [0, 0.05) is 16.1 Å². The van der Waals surface area contributed by atoms with Crippen LogP contribution < -0.4 is 10.6 Å². The first-order valence-corrected chi connectivity index (χ1v) is 11.7. The second-order valence-corrected chi connectivity index (χ2v) is 8.82. The van der Waals surface area contributed by atoms with Crippen LogP contribution in [0.3, 0.4) is 0 Å². The van der Waals surface area contributed by atoms with Gasteiger partial charge in [0.2, 0.25) is 11.8 Å². The van der Waals surface area contributed by atoms with Crippen molar-refractivity contribution in [3.05, 3.63) is 75.0 Å². The number of ether oxygens (including phenoxy) is 1. The third-order valence-corrected chi connectivity index (χ3v) is 6.33. The van der Waals surface area contributed by atoms with E-state index in [1.807, 2.05) is 6.07 Å². The third-order valence-electron chi connectivity index (χ3n) is 4.79. The maximum absolute atomic E-state index is 14.7. The zero-order chi connectivity index (χ0) is 24.0. The number of hydrogen-bond acceptors (Lipinski definition) is 6. The monoisotopic (exact) mass is 531 g/mol. The molecule has 0 fully saturated rings. The van der Waals surface area contributed by atoms with Crippen molar-refractivity contribution in [3.8, 4) is 6.07 Å². The Morgan fingerprint density at radius 2 is 1.94 bits per heavy atom. The highest BCUT2D eigenvalue weighted by Gasteiger charge is 2.45. The lowest BCUT2D eigenvalue weighted by Gasteiger charge is -2.31. The predicted molar refractivity (Wildman–Crippen MR) is 125 cm³/mol. The van der Waals surface area contributed by atoms with Crippen molar-refractivity contribution in [3.63, 3.8) is 0 Å². The molecule has 0 spiro atoms. The minimum absolute atomic E-state index is 0.0146. The van der Waals surface area contributed by atoms with Gasteiger partial charge in [-0.25, -0.2) is 4.39 Å². The molecule has 1 aliphatic heterocycles. The molecule has 2 N–H and O–H groups in total. The molecule has 3 rings (SSSR count). The fraction of sp³-hybridized carbons (Fsp3) is 0.217. The van der Waals surface area contributed by atoms with Gasteiger partial charge in [0.15, 0.2) is 0 Å². The highest BCUT2D eigenvalue weighted by Crippen LogP contribution is 2.41.